The number of urea groups is 1. The van der Waals surface area contributed by atoms with Gasteiger partial charge < -0.3 is 9.67 Å². The summed E-state index contributed by atoms with van der Waals surface area (Å²) in [7, 11) is 1.52. The number of aromatic nitrogens is 6. The van der Waals surface area contributed by atoms with E-state index in [0.29, 0.717) is 30.3 Å². The van der Waals surface area contributed by atoms with Crippen LogP contribution in [0, 0.1) is 0 Å². The molecule has 2 aromatic heterocycles. The zero-order valence-electron chi connectivity index (χ0n) is 20.8. The summed E-state index contributed by atoms with van der Waals surface area (Å²) in [6.45, 7) is 2.24. The lowest BCUT2D eigenvalue weighted by Crippen LogP contribution is -2.60. The van der Waals surface area contributed by atoms with Crippen molar-refractivity contribution in [2.75, 3.05) is 25.5 Å². The van der Waals surface area contributed by atoms with Crippen LogP contribution in [0.15, 0.2) is 48.5 Å². The van der Waals surface area contributed by atoms with Crippen LogP contribution in [0.2, 0.25) is 0 Å². The van der Waals surface area contributed by atoms with E-state index < -0.39 is 10.5 Å². The van der Waals surface area contributed by atoms with Crippen LogP contribution < -0.4 is 5.32 Å². The Morgan fingerprint density at radius 3 is 2.49 bits per heavy atom. The predicted molar refractivity (Wildman–Crippen MR) is 136 cm³/mol. The van der Waals surface area contributed by atoms with E-state index in [0.717, 1.165) is 40.9 Å². The molecule has 37 heavy (non-hydrogen) atoms. The highest BCUT2D eigenvalue weighted by atomic mass is 16.3. The van der Waals surface area contributed by atoms with Gasteiger partial charge in [0.1, 0.15) is 12.4 Å². The standard InChI is InChI=1S/C26H28N8O3/c1-3-4-9-21-27-24-22(25(36)34(2,14-15-35)26(37)28-24)33(21)16-17-10-12-18(13-11-17)19-7-5-6-8-20(19)23-29-31-32-30-23/h5-8,10-13,35H,3-4,9,14-16H2,1-2H3,(H-,28,29,30,31,32,36,37)/p+1. The number of hydrogen-bond acceptors (Lipinski definition) is 7. The lowest BCUT2D eigenvalue weighted by atomic mass is 9.98. The van der Waals surface area contributed by atoms with Crippen molar-refractivity contribution < 1.29 is 19.2 Å². The molecule has 0 radical (unpaired) electrons. The number of aromatic amines is 1. The third kappa shape index (κ3) is 4.43. The van der Waals surface area contributed by atoms with Gasteiger partial charge in [-0.15, -0.1) is 5.10 Å². The molecule has 3 N–H and O–H groups in total. The molecule has 2 aromatic carbocycles. The van der Waals surface area contributed by atoms with Crippen molar-refractivity contribution >= 4 is 17.8 Å². The second-order valence-corrected chi connectivity index (χ2v) is 9.28. The summed E-state index contributed by atoms with van der Waals surface area (Å²) in [6.07, 6.45) is 2.57. The molecular weight excluding hydrogens is 472 g/mol. The van der Waals surface area contributed by atoms with Gasteiger partial charge in [-0.25, -0.2) is 19.7 Å². The number of nitrogens with one attached hydrogen (secondary N) is 2. The van der Waals surface area contributed by atoms with E-state index in [1.54, 1.807) is 0 Å². The Labute approximate surface area is 213 Å². The van der Waals surface area contributed by atoms with Crippen molar-refractivity contribution in [3.05, 3.63) is 65.6 Å². The second-order valence-electron chi connectivity index (χ2n) is 9.28. The van der Waals surface area contributed by atoms with Gasteiger partial charge in [0.15, 0.2) is 17.3 Å². The number of aryl methyl sites for hydroxylation is 1. The van der Waals surface area contributed by atoms with Crippen LogP contribution in [-0.2, 0) is 13.0 Å². The van der Waals surface area contributed by atoms with Crippen LogP contribution in [0.5, 0.6) is 0 Å². The number of H-pyrrole nitrogens is 1. The van der Waals surface area contributed by atoms with E-state index in [1.807, 2.05) is 53.1 Å². The number of hydrogen-bond donors (Lipinski definition) is 3. The molecule has 3 amide bonds. The number of imide groups is 1. The van der Waals surface area contributed by atoms with Crippen molar-refractivity contribution in [1.82, 2.24) is 30.2 Å². The van der Waals surface area contributed by atoms with Crippen molar-refractivity contribution in [2.24, 2.45) is 0 Å². The van der Waals surface area contributed by atoms with Crippen LogP contribution in [0.25, 0.3) is 22.5 Å². The highest BCUT2D eigenvalue weighted by Gasteiger charge is 2.49. The normalized spacial score (nSPS) is 17.1. The largest absolute Gasteiger partial charge is 0.429 e. The SMILES string of the molecule is CCCCc1nc2c(n1Cc1ccc(-c3ccccc3-c3nnn[nH]3)cc1)C(=O)[N+](C)(CCO)C(=O)N2. The van der Waals surface area contributed by atoms with E-state index in [9.17, 15) is 14.7 Å². The molecule has 0 saturated heterocycles. The Balaban J connectivity index is 1.49. The average Bonchev–Trinajstić information content (AvgIpc) is 3.56. The van der Waals surface area contributed by atoms with Gasteiger partial charge in [-0.3, -0.25) is 5.32 Å². The average molecular weight is 502 g/mol. The van der Waals surface area contributed by atoms with Gasteiger partial charge in [-0.2, -0.15) is 4.48 Å². The highest BCUT2D eigenvalue weighted by molar-refractivity contribution is 6.07. The summed E-state index contributed by atoms with van der Waals surface area (Å²) in [5.41, 5.74) is 4.25. The zero-order valence-corrected chi connectivity index (χ0v) is 20.8. The highest BCUT2D eigenvalue weighted by Crippen LogP contribution is 2.32. The molecule has 0 fully saturated rings. The van der Waals surface area contributed by atoms with Gasteiger partial charge in [0.2, 0.25) is 0 Å². The maximum Gasteiger partial charge on any atom is 0.429 e. The van der Waals surface area contributed by atoms with E-state index in [-0.39, 0.29) is 19.1 Å². The van der Waals surface area contributed by atoms with Gasteiger partial charge >= 0.3 is 11.9 Å². The maximum atomic E-state index is 13.5. The molecule has 11 nitrogen and oxygen atoms in total. The zero-order chi connectivity index (χ0) is 26.0. The van der Waals surface area contributed by atoms with Crippen LogP contribution in [0.1, 0.15) is 41.6 Å². The van der Waals surface area contributed by atoms with Crippen LogP contribution in [-0.4, -0.2) is 71.9 Å². The number of carbonyl (C=O) groups excluding carboxylic acids is 2. The number of unbranched alkanes of at least 4 members (excludes halogenated alkanes) is 1. The molecule has 11 heteroatoms. The van der Waals surface area contributed by atoms with E-state index in [2.05, 4.69) is 37.8 Å². The fraction of sp³-hybridized carbons (Fsp3) is 0.308. The summed E-state index contributed by atoms with van der Waals surface area (Å²) in [5.74, 6) is 1.27. The molecule has 1 unspecified atom stereocenters. The summed E-state index contributed by atoms with van der Waals surface area (Å²) in [5, 5.41) is 26.5. The Morgan fingerprint density at radius 2 is 1.81 bits per heavy atom. The number of likely N-dealkylation sites (N-methyl/N-ethyl adjacent to an activating group) is 1. The predicted octanol–water partition coefficient (Wildman–Crippen LogP) is 3.25. The molecule has 0 aliphatic carbocycles. The van der Waals surface area contributed by atoms with Gasteiger partial charge in [0.05, 0.1) is 13.7 Å². The minimum absolute atomic E-state index is 0.00556. The maximum absolute atomic E-state index is 13.5. The number of aliphatic hydroxyl groups excluding tert-OH is 1. The molecule has 1 aliphatic heterocycles. The number of nitrogens with zero attached hydrogens (tertiary/aromatic N) is 6. The number of imidazole rings is 1. The Kier molecular flexibility index (Phi) is 6.64. The molecule has 4 aromatic rings. The minimum atomic E-state index is -0.547. The number of quaternary nitrogens is 1. The number of benzene rings is 2. The number of amides is 3. The number of aliphatic hydroxyl groups is 1. The van der Waals surface area contributed by atoms with Crippen LogP contribution in [0.3, 0.4) is 0 Å². The van der Waals surface area contributed by atoms with E-state index in [1.165, 1.54) is 7.05 Å². The molecule has 0 bridgehead atoms. The molecule has 190 valence electrons. The summed E-state index contributed by atoms with van der Waals surface area (Å²) < 4.78 is 1.36. The first-order valence-corrected chi connectivity index (χ1v) is 12.3. The summed E-state index contributed by atoms with van der Waals surface area (Å²) >= 11 is 0. The minimum Gasteiger partial charge on any atom is -0.390 e. The Bertz CT molecular complexity index is 1430. The van der Waals surface area contributed by atoms with Crippen molar-refractivity contribution in [3.8, 4) is 22.5 Å². The first-order valence-electron chi connectivity index (χ1n) is 12.3. The fourth-order valence-corrected chi connectivity index (χ4v) is 4.64. The summed E-state index contributed by atoms with van der Waals surface area (Å²) in [6, 6.07) is 15.5. The van der Waals surface area contributed by atoms with Gasteiger partial charge in [-0.05, 0) is 33.5 Å². The number of tetrazole rings is 1. The fourth-order valence-electron chi connectivity index (χ4n) is 4.64. The molecule has 5 rings (SSSR count). The van der Waals surface area contributed by atoms with Crippen molar-refractivity contribution in [1.29, 1.82) is 0 Å². The van der Waals surface area contributed by atoms with Crippen LogP contribution in [0.4, 0.5) is 10.6 Å². The topological polar surface area (TPSA) is 139 Å². The number of rotatable bonds is 9. The molecule has 3 heterocycles. The molecule has 0 saturated carbocycles. The second kappa shape index (κ2) is 10.0. The smallest absolute Gasteiger partial charge is 0.390 e. The van der Waals surface area contributed by atoms with Crippen molar-refractivity contribution in [2.45, 2.75) is 32.7 Å². The number of carbonyl (C=O) groups is 2. The lowest BCUT2D eigenvalue weighted by Gasteiger charge is -2.31. The Morgan fingerprint density at radius 1 is 1.05 bits per heavy atom. The monoisotopic (exact) mass is 501 g/mol. The quantitative estimate of drug-likeness (QED) is 0.299. The van der Waals surface area contributed by atoms with Gasteiger partial charge in [-0.1, -0.05) is 61.9 Å². The lowest BCUT2D eigenvalue weighted by molar-refractivity contribution is -0.744. The van der Waals surface area contributed by atoms with Crippen LogP contribution >= 0.6 is 0 Å². The molecular formula is C26H29N8O3+. The first kappa shape index (κ1) is 24.5. The van der Waals surface area contributed by atoms with E-state index in [4.69, 9.17) is 0 Å². The van der Waals surface area contributed by atoms with E-state index >= 15 is 0 Å². The molecule has 1 atom stereocenters. The van der Waals surface area contributed by atoms with Crippen molar-refractivity contribution in [3.63, 3.8) is 0 Å². The number of anilines is 1. The third-order valence-electron chi connectivity index (χ3n) is 6.81. The van der Waals surface area contributed by atoms with Gasteiger partial charge in [0, 0.05) is 18.5 Å². The summed E-state index contributed by atoms with van der Waals surface area (Å²) in [4.78, 5) is 30.9. The Hall–Kier alpha value is -4.22. The first-order chi connectivity index (χ1) is 18.0. The number of fused-ring (bicyclic) bond motifs is 1. The molecule has 0 spiro atoms. The third-order valence-corrected chi connectivity index (χ3v) is 6.81. The molecule has 1 aliphatic rings. The van der Waals surface area contributed by atoms with Gasteiger partial charge in [0.25, 0.3) is 0 Å².